The number of carbonyl (C=O) groups is 2. The first-order valence-electron chi connectivity index (χ1n) is 5.96. The van der Waals surface area contributed by atoms with Crippen LogP contribution in [-0.2, 0) is 11.3 Å². The number of carboxylic acid groups (broad SMARTS) is 1. The molecule has 0 unspecified atom stereocenters. The van der Waals surface area contributed by atoms with E-state index in [0.717, 1.165) is 0 Å². The number of hydrogen-bond donors (Lipinski definition) is 2. The lowest BCUT2D eigenvalue weighted by atomic mass is 10.3. The summed E-state index contributed by atoms with van der Waals surface area (Å²) in [6.45, 7) is 0.278. The molecule has 110 valence electrons. The van der Waals surface area contributed by atoms with Gasteiger partial charge in [0.15, 0.2) is 0 Å². The third-order valence-corrected chi connectivity index (χ3v) is 3.39. The molecule has 8 heteroatoms. The fourth-order valence-corrected chi connectivity index (χ4v) is 1.91. The predicted octanol–water partition coefficient (Wildman–Crippen LogP) is 2.92. The molecule has 0 atom stereocenters. The molecule has 2 N–H and O–H groups in total. The lowest BCUT2D eigenvalue weighted by Gasteiger charge is -2.06. The van der Waals surface area contributed by atoms with E-state index in [1.165, 1.54) is 17.1 Å². The number of halogens is 2. The molecule has 0 aliphatic rings. The van der Waals surface area contributed by atoms with Crippen molar-refractivity contribution in [3.63, 3.8) is 0 Å². The zero-order chi connectivity index (χ0) is 15.4. The van der Waals surface area contributed by atoms with E-state index in [-0.39, 0.29) is 24.4 Å². The number of rotatable bonds is 5. The van der Waals surface area contributed by atoms with Crippen molar-refractivity contribution >= 4 is 40.8 Å². The van der Waals surface area contributed by atoms with E-state index in [1.807, 2.05) is 0 Å². The molecule has 1 heterocycles. The first-order valence-corrected chi connectivity index (χ1v) is 6.72. The summed E-state index contributed by atoms with van der Waals surface area (Å²) in [6, 6.07) is 4.78. The van der Waals surface area contributed by atoms with Gasteiger partial charge in [0, 0.05) is 24.8 Å². The van der Waals surface area contributed by atoms with Crippen molar-refractivity contribution in [1.29, 1.82) is 0 Å². The van der Waals surface area contributed by atoms with Gasteiger partial charge in [-0.15, -0.1) is 0 Å². The average Bonchev–Trinajstić information content (AvgIpc) is 2.90. The molecule has 21 heavy (non-hydrogen) atoms. The van der Waals surface area contributed by atoms with E-state index < -0.39 is 5.97 Å². The van der Waals surface area contributed by atoms with Crippen LogP contribution >= 0.6 is 23.2 Å². The van der Waals surface area contributed by atoms with Gasteiger partial charge in [-0.25, -0.2) is 4.79 Å². The highest BCUT2D eigenvalue weighted by Crippen LogP contribution is 2.25. The summed E-state index contributed by atoms with van der Waals surface area (Å²) < 4.78 is 1.40. The summed E-state index contributed by atoms with van der Waals surface area (Å²) in [4.78, 5) is 22.5. The number of nitrogens with one attached hydrogen (secondary N) is 1. The second-order valence-electron chi connectivity index (χ2n) is 4.22. The second kappa shape index (κ2) is 6.60. The van der Waals surface area contributed by atoms with Gasteiger partial charge < -0.3 is 10.4 Å². The number of hydrogen-bond acceptors (Lipinski definition) is 3. The Labute approximate surface area is 130 Å². The van der Waals surface area contributed by atoms with Crippen LogP contribution in [0.2, 0.25) is 10.0 Å². The van der Waals surface area contributed by atoms with Crippen LogP contribution in [0.4, 0.5) is 5.69 Å². The van der Waals surface area contributed by atoms with Gasteiger partial charge in [0.2, 0.25) is 5.91 Å². The van der Waals surface area contributed by atoms with E-state index in [2.05, 4.69) is 10.4 Å². The average molecular weight is 328 g/mol. The Morgan fingerprint density at radius 2 is 2.05 bits per heavy atom. The number of aromatic nitrogens is 2. The Morgan fingerprint density at radius 3 is 2.67 bits per heavy atom. The number of benzene rings is 1. The van der Waals surface area contributed by atoms with E-state index in [1.54, 1.807) is 18.2 Å². The molecule has 0 fully saturated rings. The maximum absolute atomic E-state index is 11.8. The van der Waals surface area contributed by atoms with Gasteiger partial charge in [-0.2, -0.15) is 5.10 Å². The van der Waals surface area contributed by atoms with Crippen LogP contribution in [0.3, 0.4) is 0 Å². The van der Waals surface area contributed by atoms with Crippen LogP contribution < -0.4 is 5.32 Å². The Hall–Kier alpha value is -2.05. The SMILES string of the molecule is O=C(CCn1cc(C(=O)O)cn1)Nc1ccc(Cl)c(Cl)c1. The van der Waals surface area contributed by atoms with Crippen molar-refractivity contribution < 1.29 is 14.7 Å². The molecule has 0 aliphatic heterocycles. The van der Waals surface area contributed by atoms with Crippen molar-refractivity contribution in [3.05, 3.63) is 46.2 Å². The largest absolute Gasteiger partial charge is 0.478 e. The van der Waals surface area contributed by atoms with Crippen LogP contribution in [0.25, 0.3) is 0 Å². The number of carboxylic acids is 1. The Balaban J connectivity index is 1.89. The third-order valence-electron chi connectivity index (χ3n) is 2.65. The second-order valence-corrected chi connectivity index (χ2v) is 5.04. The maximum Gasteiger partial charge on any atom is 0.338 e. The molecule has 6 nitrogen and oxygen atoms in total. The first kappa shape index (κ1) is 15.3. The van der Waals surface area contributed by atoms with Gasteiger partial charge in [-0.3, -0.25) is 9.48 Å². The lowest BCUT2D eigenvalue weighted by Crippen LogP contribution is -2.14. The Morgan fingerprint density at radius 1 is 1.29 bits per heavy atom. The molecule has 0 radical (unpaired) electrons. The van der Waals surface area contributed by atoms with E-state index in [9.17, 15) is 9.59 Å². The van der Waals surface area contributed by atoms with E-state index in [4.69, 9.17) is 28.3 Å². The van der Waals surface area contributed by atoms with Gasteiger partial charge in [0.1, 0.15) is 0 Å². The van der Waals surface area contributed by atoms with Crippen molar-refractivity contribution in [3.8, 4) is 0 Å². The molecule has 0 spiro atoms. The van der Waals surface area contributed by atoms with E-state index >= 15 is 0 Å². The smallest absolute Gasteiger partial charge is 0.338 e. The fraction of sp³-hybridized carbons (Fsp3) is 0.154. The number of aromatic carboxylic acids is 1. The molecular formula is C13H11Cl2N3O3. The highest BCUT2D eigenvalue weighted by molar-refractivity contribution is 6.42. The number of anilines is 1. The normalized spacial score (nSPS) is 10.4. The number of amides is 1. The molecule has 1 aromatic heterocycles. The standard InChI is InChI=1S/C13H11Cl2N3O3/c14-10-2-1-9(5-11(10)15)17-12(19)3-4-18-7-8(6-16-18)13(20)21/h1-2,5-7H,3-4H2,(H,17,19)(H,20,21). The molecule has 2 rings (SSSR count). The minimum atomic E-state index is -1.05. The molecule has 0 saturated heterocycles. The summed E-state index contributed by atoms with van der Waals surface area (Å²) >= 11 is 11.6. The van der Waals surface area contributed by atoms with Crippen LogP contribution in [0.1, 0.15) is 16.8 Å². The van der Waals surface area contributed by atoms with E-state index in [0.29, 0.717) is 15.7 Å². The number of aryl methyl sites for hydroxylation is 1. The highest BCUT2D eigenvalue weighted by atomic mass is 35.5. The van der Waals surface area contributed by atoms with Gasteiger partial charge in [-0.05, 0) is 18.2 Å². The summed E-state index contributed by atoms with van der Waals surface area (Å²) in [7, 11) is 0. The van der Waals surface area contributed by atoms with Crippen LogP contribution in [0, 0.1) is 0 Å². The Kier molecular flexibility index (Phi) is 4.82. The molecule has 2 aromatic rings. The summed E-state index contributed by atoms with van der Waals surface area (Å²) in [6.07, 6.45) is 2.76. The molecule has 0 aliphatic carbocycles. The lowest BCUT2D eigenvalue weighted by molar-refractivity contribution is -0.116. The van der Waals surface area contributed by atoms with Crippen molar-refractivity contribution in [2.24, 2.45) is 0 Å². The van der Waals surface area contributed by atoms with Crippen LogP contribution in [-0.4, -0.2) is 26.8 Å². The number of nitrogens with zero attached hydrogens (tertiary/aromatic N) is 2. The van der Waals surface area contributed by atoms with Crippen molar-refractivity contribution in [2.75, 3.05) is 5.32 Å². The molecular weight excluding hydrogens is 317 g/mol. The van der Waals surface area contributed by atoms with Gasteiger partial charge in [0.25, 0.3) is 0 Å². The molecule has 1 aromatic carbocycles. The highest BCUT2D eigenvalue weighted by Gasteiger charge is 2.08. The molecule has 0 saturated carbocycles. The third kappa shape index (κ3) is 4.21. The van der Waals surface area contributed by atoms with Gasteiger partial charge in [-0.1, -0.05) is 23.2 Å². The minimum Gasteiger partial charge on any atom is -0.478 e. The number of carbonyl (C=O) groups excluding carboxylic acids is 1. The zero-order valence-corrected chi connectivity index (χ0v) is 12.2. The maximum atomic E-state index is 11.8. The van der Waals surface area contributed by atoms with Gasteiger partial charge in [0.05, 0.1) is 21.8 Å². The van der Waals surface area contributed by atoms with Crippen LogP contribution in [0.15, 0.2) is 30.6 Å². The van der Waals surface area contributed by atoms with Crippen molar-refractivity contribution in [2.45, 2.75) is 13.0 Å². The quantitative estimate of drug-likeness (QED) is 0.884. The summed E-state index contributed by atoms with van der Waals surface area (Å²) in [5, 5.41) is 16.1. The van der Waals surface area contributed by atoms with Gasteiger partial charge >= 0.3 is 5.97 Å². The first-order chi connectivity index (χ1) is 9.95. The van der Waals surface area contributed by atoms with Crippen molar-refractivity contribution in [1.82, 2.24) is 9.78 Å². The topological polar surface area (TPSA) is 84.2 Å². The predicted molar refractivity (Wildman–Crippen MR) is 78.9 cm³/mol. The van der Waals surface area contributed by atoms with Crippen LogP contribution in [0.5, 0.6) is 0 Å². The summed E-state index contributed by atoms with van der Waals surface area (Å²) in [5.74, 6) is -1.29. The monoisotopic (exact) mass is 327 g/mol. The Bertz CT molecular complexity index is 685. The zero-order valence-electron chi connectivity index (χ0n) is 10.7. The fourth-order valence-electron chi connectivity index (χ4n) is 1.61. The molecule has 0 bridgehead atoms. The minimum absolute atomic E-state index is 0.0832. The summed E-state index contributed by atoms with van der Waals surface area (Å²) in [5.41, 5.74) is 0.626. The molecule has 1 amide bonds.